The minimum absolute atomic E-state index is 0. The van der Waals surface area contributed by atoms with Gasteiger partial charge in [-0.3, -0.25) is 4.79 Å². The highest BCUT2D eigenvalue weighted by atomic mass is 35.5. The summed E-state index contributed by atoms with van der Waals surface area (Å²) in [6.07, 6.45) is 0. The molecule has 6 heteroatoms. The lowest BCUT2D eigenvalue weighted by molar-refractivity contribution is -0.117. The molecular formula is C12H19ClN2O3. The van der Waals surface area contributed by atoms with E-state index >= 15 is 0 Å². The van der Waals surface area contributed by atoms with Gasteiger partial charge in [0.25, 0.3) is 0 Å². The number of carbonyl (C=O) groups excluding carboxylic acids is 1. The first kappa shape index (κ1) is 16.5. The Morgan fingerprint density at radius 1 is 1.28 bits per heavy atom. The number of halogens is 1. The van der Waals surface area contributed by atoms with Crippen molar-refractivity contribution in [1.82, 2.24) is 0 Å². The predicted molar refractivity (Wildman–Crippen MR) is 73.8 cm³/mol. The Labute approximate surface area is 113 Å². The van der Waals surface area contributed by atoms with E-state index in [0.29, 0.717) is 17.2 Å². The fourth-order valence-electron chi connectivity index (χ4n) is 1.36. The molecule has 18 heavy (non-hydrogen) atoms. The lowest BCUT2D eigenvalue weighted by Crippen LogP contribution is -2.32. The summed E-state index contributed by atoms with van der Waals surface area (Å²) in [4.78, 5) is 11.5. The second-order valence-corrected chi connectivity index (χ2v) is 3.80. The molecule has 1 unspecified atom stereocenters. The van der Waals surface area contributed by atoms with Crippen molar-refractivity contribution >= 4 is 24.0 Å². The number of hydrogen-bond donors (Lipinski definition) is 2. The van der Waals surface area contributed by atoms with Gasteiger partial charge in [-0.1, -0.05) is 0 Å². The highest BCUT2D eigenvalue weighted by Gasteiger charge is 2.12. The van der Waals surface area contributed by atoms with Crippen molar-refractivity contribution in [3.63, 3.8) is 0 Å². The Morgan fingerprint density at radius 3 is 2.22 bits per heavy atom. The number of anilines is 1. The van der Waals surface area contributed by atoms with E-state index in [1.165, 1.54) is 0 Å². The number of benzene rings is 1. The monoisotopic (exact) mass is 274 g/mol. The Hall–Kier alpha value is -1.46. The van der Waals surface area contributed by atoms with Crippen LogP contribution in [0.1, 0.15) is 12.5 Å². The average Bonchev–Trinajstić information content (AvgIpc) is 2.30. The molecule has 0 bridgehead atoms. The fourth-order valence-corrected chi connectivity index (χ4v) is 1.36. The van der Waals surface area contributed by atoms with Crippen LogP contribution < -0.4 is 20.5 Å². The van der Waals surface area contributed by atoms with Gasteiger partial charge in [0.05, 0.1) is 20.3 Å². The molecular weight excluding hydrogens is 256 g/mol. The molecule has 0 aromatic heterocycles. The minimum Gasteiger partial charge on any atom is -0.493 e. The van der Waals surface area contributed by atoms with Crippen LogP contribution in [0.2, 0.25) is 0 Å². The lowest BCUT2D eigenvalue weighted by atomic mass is 10.1. The Morgan fingerprint density at radius 2 is 1.78 bits per heavy atom. The zero-order chi connectivity index (χ0) is 13.0. The molecule has 0 fully saturated rings. The van der Waals surface area contributed by atoms with Crippen molar-refractivity contribution in [1.29, 1.82) is 0 Å². The third-order valence-corrected chi connectivity index (χ3v) is 2.40. The molecule has 0 spiro atoms. The number of amides is 1. The van der Waals surface area contributed by atoms with Crippen molar-refractivity contribution in [3.05, 3.63) is 17.7 Å². The number of nitrogens with one attached hydrogen (secondary N) is 1. The van der Waals surface area contributed by atoms with Gasteiger partial charge in [0.15, 0.2) is 11.5 Å². The Balaban J connectivity index is 0.00000289. The minimum atomic E-state index is -0.553. The fraction of sp³-hybridized carbons (Fsp3) is 0.417. The number of ether oxygens (including phenoxy) is 2. The zero-order valence-electron chi connectivity index (χ0n) is 10.9. The van der Waals surface area contributed by atoms with Crippen molar-refractivity contribution in [2.45, 2.75) is 19.9 Å². The quantitative estimate of drug-likeness (QED) is 0.877. The summed E-state index contributed by atoms with van der Waals surface area (Å²) in [5.41, 5.74) is 7.05. The largest absolute Gasteiger partial charge is 0.493 e. The van der Waals surface area contributed by atoms with Crippen molar-refractivity contribution in [3.8, 4) is 11.5 Å². The molecule has 5 nitrogen and oxygen atoms in total. The maximum atomic E-state index is 11.5. The molecule has 0 saturated carbocycles. The number of rotatable bonds is 4. The molecule has 0 aliphatic carbocycles. The zero-order valence-corrected chi connectivity index (χ0v) is 11.8. The highest BCUT2D eigenvalue weighted by Crippen LogP contribution is 2.32. The summed E-state index contributed by atoms with van der Waals surface area (Å²) in [7, 11) is 3.11. The molecule has 0 radical (unpaired) electrons. The summed E-state index contributed by atoms with van der Waals surface area (Å²) in [6, 6.07) is 2.96. The lowest BCUT2D eigenvalue weighted by Gasteiger charge is -2.14. The van der Waals surface area contributed by atoms with E-state index in [4.69, 9.17) is 15.2 Å². The first-order valence-electron chi connectivity index (χ1n) is 5.28. The standard InChI is InChI=1S/C12H18N2O3.ClH/c1-7-5-10(16-3)11(17-4)6-9(7)14-12(15)8(2)13;/h5-6,8H,13H2,1-4H3,(H,14,15);1H. The summed E-state index contributed by atoms with van der Waals surface area (Å²) >= 11 is 0. The second-order valence-electron chi connectivity index (χ2n) is 3.80. The third kappa shape index (κ3) is 3.78. The molecule has 1 aromatic rings. The maximum Gasteiger partial charge on any atom is 0.241 e. The van der Waals surface area contributed by atoms with Crippen LogP contribution in [0.5, 0.6) is 11.5 Å². The molecule has 1 aromatic carbocycles. The van der Waals surface area contributed by atoms with Crippen molar-refractivity contribution in [2.75, 3.05) is 19.5 Å². The van der Waals surface area contributed by atoms with E-state index < -0.39 is 6.04 Å². The van der Waals surface area contributed by atoms with Crippen LogP contribution in [-0.2, 0) is 4.79 Å². The molecule has 0 aliphatic rings. The van der Waals surface area contributed by atoms with Gasteiger partial charge in [-0.25, -0.2) is 0 Å². The summed E-state index contributed by atoms with van der Waals surface area (Å²) in [5.74, 6) is 0.960. The van der Waals surface area contributed by atoms with Crippen LogP contribution in [0.25, 0.3) is 0 Å². The van der Waals surface area contributed by atoms with Crippen LogP contribution >= 0.6 is 12.4 Å². The van der Waals surface area contributed by atoms with E-state index in [9.17, 15) is 4.79 Å². The van der Waals surface area contributed by atoms with Gasteiger partial charge in [0, 0.05) is 11.8 Å². The number of methoxy groups -OCH3 is 2. The van der Waals surface area contributed by atoms with Gasteiger partial charge in [-0.15, -0.1) is 12.4 Å². The van der Waals surface area contributed by atoms with E-state index in [2.05, 4.69) is 5.32 Å². The van der Waals surface area contributed by atoms with Crippen molar-refractivity contribution < 1.29 is 14.3 Å². The maximum absolute atomic E-state index is 11.5. The first-order chi connectivity index (χ1) is 7.99. The van der Waals surface area contributed by atoms with E-state index in [0.717, 1.165) is 5.56 Å². The van der Waals surface area contributed by atoms with Crippen molar-refractivity contribution in [2.24, 2.45) is 5.73 Å². The molecule has 0 aliphatic heterocycles. The number of carbonyl (C=O) groups is 1. The summed E-state index contributed by atoms with van der Waals surface area (Å²) in [5, 5.41) is 2.74. The Bertz CT molecular complexity index is 422. The van der Waals surface area contributed by atoms with Gasteiger partial charge in [0.2, 0.25) is 5.91 Å². The van der Waals surface area contributed by atoms with E-state index in [-0.39, 0.29) is 18.3 Å². The second kappa shape index (κ2) is 7.08. The number of aryl methyl sites for hydroxylation is 1. The predicted octanol–water partition coefficient (Wildman–Crippen LogP) is 1.72. The topological polar surface area (TPSA) is 73.6 Å². The van der Waals surface area contributed by atoms with Gasteiger partial charge >= 0.3 is 0 Å². The summed E-state index contributed by atoms with van der Waals surface area (Å²) in [6.45, 7) is 3.50. The number of nitrogens with two attached hydrogens (primary N) is 1. The van der Waals surface area contributed by atoms with Crippen LogP contribution in [-0.4, -0.2) is 26.2 Å². The van der Waals surface area contributed by atoms with Crippen LogP contribution in [0, 0.1) is 6.92 Å². The van der Waals surface area contributed by atoms with Gasteiger partial charge in [-0.2, -0.15) is 0 Å². The molecule has 0 heterocycles. The number of hydrogen-bond acceptors (Lipinski definition) is 4. The van der Waals surface area contributed by atoms with Crippen LogP contribution in [0.3, 0.4) is 0 Å². The molecule has 1 amide bonds. The van der Waals surface area contributed by atoms with Gasteiger partial charge in [-0.05, 0) is 25.5 Å². The first-order valence-corrected chi connectivity index (χ1v) is 5.28. The normalized spacial score (nSPS) is 11.2. The molecule has 1 rings (SSSR count). The van der Waals surface area contributed by atoms with Gasteiger partial charge < -0.3 is 20.5 Å². The molecule has 3 N–H and O–H groups in total. The van der Waals surface area contributed by atoms with Gasteiger partial charge in [0.1, 0.15) is 0 Å². The molecule has 102 valence electrons. The Kier molecular flexibility index (Phi) is 6.51. The van der Waals surface area contributed by atoms with E-state index in [1.807, 2.05) is 6.92 Å². The van der Waals surface area contributed by atoms with E-state index in [1.54, 1.807) is 33.3 Å². The smallest absolute Gasteiger partial charge is 0.241 e. The average molecular weight is 275 g/mol. The third-order valence-electron chi connectivity index (χ3n) is 2.40. The molecule has 1 atom stereocenters. The van der Waals surface area contributed by atoms with Crippen LogP contribution in [0.4, 0.5) is 5.69 Å². The summed E-state index contributed by atoms with van der Waals surface area (Å²) < 4.78 is 10.3. The SMILES string of the molecule is COc1cc(C)c(NC(=O)C(C)N)cc1OC.Cl. The molecule has 0 saturated heterocycles. The van der Waals surface area contributed by atoms with Crippen LogP contribution in [0.15, 0.2) is 12.1 Å². The highest BCUT2D eigenvalue weighted by molar-refractivity contribution is 5.95.